The number of nitrogens with zero attached hydrogens (tertiary/aromatic N) is 1. The van der Waals surface area contributed by atoms with Crippen molar-refractivity contribution < 1.29 is 17.9 Å². The molecule has 0 radical (unpaired) electrons. The quantitative estimate of drug-likeness (QED) is 0.574. The van der Waals surface area contributed by atoms with Gasteiger partial charge in [-0.3, -0.25) is 0 Å². The Kier molecular flexibility index (Phi) is 6.34. The van der Waals surface area contributed by atoms with Gasteiger partial charge in [-0.1, -0.05) is 42.5 Å². The maximum Gasteiger partial charge on any atom is 0.243 e. The van der Waals surface area contributed by atoms with Crippen molar-refractivity contribution in [3.05, 3.63) is 90.0 Å². The maximum absolute atomic E-state index is 13.3. The number of sulfonamides is 1. The molecule has 0 saturated heterocycles. The van der Waals surface area contributed by atoms with Crippen LogP contribution in [0.4, 0.5) is 0 Å². The molecule has 0 aliphatic heterocycles. The molecule has 3 rings (SSSR count). The van der Waals surface area contributed by atoms with Crippen molar-refractivity contribution in [3.63, 3.8) is 0 Å². The van der Waals surface area contributed by atoms with Crippen LogP contribution in [0, 0.1) is 0 Å². The van der Waals surface area contributed by atoms with Gasteiger partial charge < -0.3 is 9.47 Å². The monoisotopic (exact) mass is 397 g/mol. The van der Waals surface area contributed by atoms with Crippen molar-refractivity contribution in [1.82, 2.24) is 4.31 Å². The van der Waals surface area contributed by atoms with Crippen LogP contribution >= 0.6 is 0 Å². The van der Waals surface area contributed by atoms with E-state index < -0.39 is 10.0 Å². The lowest BCUT2D eigenvalue weighted by atomic mass is 10.2. The molecule has 0 aliphatic carbocycles. The van der Waals surface area contributed by atoms with Gasteiger partial charge in [0.2, 0.25) is 10.0 Å². The van der Waals surface area contributed by atoms with E-state index in [2.05, 4.69) is 0 Å². The summed E-state index contributed by atoms with van der Waals surface area (Å²) in [4.78, 5) is 0.275. The fourth-order valence-electron chi connectivity index (χ4n) is 2.84. The van der Waals surface area contributed by atoms with Gasteiger partial charge in [0.15, 0.2) is 0 Å². The van der Waals surface area contributed by atoms with Crippen molar-refractivity contribution in [1.29, 1.82) is 0 Å². The average molecular weight is 397 g/mol. The number of benzene rings is 3. The van der Waals surface area contributed by atoms with Crippen LogP contribution in [0.1, 0.15) is 11.1 Å². The van der Waals surface area contributed by atoms with Gasteiger partial charge in [0.1, 0.15) is 11.5 Å². The standard InChI is InChI=1S/C22H23NO4S/c1-26-20-12-8-18(9-13-20)16-23(17-19-10-14-21(27-2)15-11-19)28(24,25)22-6-4-3-5-7-22/h3-15H,16-17H2,1-2H3. The van der Waals surface area contributed by atoms with Gasteiger partial charge in [0.05, 0.1) is 19.1 Å². The number of methoxy groups -OCH3 is 2. The van der Waals surface area contributed by atoms with Crippen LogP contribution < -0.4 is 9.47 Å². The normalized spacial score (nSPS) is 11.4. The van der Waals surface area contributed by atoms with Gasteiger partial charge in [0.25, 0.3) is 0 Å². The predicted octanol–water partition coefficient (Wildman–Crippen LogP) is 4.09. The van der Waals surface area contributed by atoms with Crippen molar-refractivity contribution in [3.8, 4) is 11.5 Å². The largest absolute Gasteiger partial charge is 0.497 e. The molecule has 0 amide bonds. The van der Waals surface area contributed by atoms with Crippen LogP contribution in [-0.2, 0) is 23.1 Å². The Bertz CT molecular complexity index is 935. The highest BCUT2D eigenvalue weighted by atomic mass is 32.2. The number of rotatable bonds is 8. The van der Waals surface area contributed by atoms with Crippen molar-refractivity contribution in [2.24, 2.45) is 0 Å². The molecule has 3 aromatic rings. The molecule has 0 N–H and O–H groups in total. The Labute approximate surface area is 166 Å². The van der Waals surface area contributed by atoms with Gasteiger partial charge in [0, 0.05) is 13.1 Å². The molecule has 3 aromatic carbocycles. The van der Waals surface area contributed by atoms with Gasteiger partial charge in [-0.25, -0.2) is 8.42 Å². The lowest BCUT2D eigenvalue weighted by Gasteiger charge is -2.23. The molecule has 5 nitrogen and oxygen atoms in total. The minimum Gasteiger partial charge on any atom is -0.497 e. The van der Waals surface area contributed by atoms with Crippen molar-refractivity contribution >= 4 is 10.0 Å². The zero-order valence-electron chi connectivity index (χ0n) is 15.9. The third kappa shape index (κ3) is 4.71. The first-order chi connectivity index (χ1) is 13.5. The summed E-state index contributed by atoms with van der Waals surface area (Å²) >= 11 is 0. The minimum atomic E-state index is -3.66. The topological polar surface area (TPSA) is 55.8 Å². The van der Waals surface area contributed by atoms with Gasteiger partial charge >= 0.3 is 0 Å². The van der Waals surface area contributed by atoms with Crippen LogP contribution in [0.3, 0.4) is 0 Å². The number of ether oxygens (including phenoxy) is 2. The number of hydrogen-bond acceptors (Lipinski definition) is 4. The predicted molar refractivity (Wildman–Crippen MR) is 109 cm³/mol. The van der Waals surface area contributed by atoms with Gasteiger partial charge in [-0.2, -0.15) is 4.31 Å². The SMILES string of the molecule is COc1ccc(CN(Cc2ccc(OC)cc2)S(=O)(=O)c2ccccc2)cc1. The van der Waals surface area contributed by atoms with Crippen LogP contribution in [0.5, 0.6) is 11.5 Å². The summed E-state index contributed by atoms with van der Waals surface area (Å²) < 4.78 is 38.4. The molecular formula is C22H23NO4S. The molecule has 0 bridgehead atoms. The summed E-state index contributed by atoms with van der Waals surface area (Å²) in [6, 6.07) is 23.3. The second-order valence-electron chi connectivity index (χ2n) is 6.28. The molecular weight excluding hydrogens is 374 g/mol. The Hall–Kier alpha value is -2.83. The zero-order valence-corrected chi connectivity index (χ0v) is 16.7. The molecule has 28 heavy (non-hydrogen) atoms. The first-order valence-corrected chi connectivity index (χ1v) is 10.3. The first-order valence-electron chi connectivity index (χ1n) is 8.84. The maximum atomic E-state index is 13.3. The Morgan fingerprint density at radius 3 is 1.50 bits per heavy atom. The fourth-order valence-corrected chi connectivity index (χ4v) is 4.27. The van der Waals surface area contributed by atoms with Gasteiger partial charge in [-0.15, -0.1) is 0 Å². The van der Waals surface area contributed by atoms with E-state index in [-0.39, 0.29) is 18.0 Å². The molecule has 0 atom stereocenters. The Morgan fingerprint density at radius 1 is 0.679 bits per heavy atom. The molecule has 0 unspecified atom stereocenters. The highest BCUT2D eigenvalue weighted by Gasteiger charge is 2.24. The molecule has 0 spiro atoms. The second kappa shape index (κ2) is 8.91. The third-order valence-corrected chi connectivity index (χ3v) is 6.22. The summed E-state index contributed by atoms with van der Waals surface area (Å²) in [5.41, 5.74) is 1.77. The lowest BCUT2D eigenvalue weighted by Crippen LogP contribution is -2.30. The molecule has 0 aromatic heterocycles. The molecule has 6 heteroatoms. The number of hydrogen-bond donors (Lipinski definition) is 0. The molecule has 146 valence electrons. The molecule has 0 heterocycles. The molecule has 0 aliphatic rings. The van der Waals surface area contributed by atoms with E-state index in [1.165, 1.54) is 4.31 Å². The van der Waals surface area contributed by atoms with E-state index in [0.717, 1.165) is 22.6 Å². The van der Waals surface area contributed by atoms with Crippen LogP contribution in [0.15, 0.2) is 83.8 Å². The van der Waals surface area contributed by atoms with Crippen LogP contribution in [-0.4, -0.2) is 26.9 Å². The van der Waals surface area contributed by atoms with E-state index in [4.69, 9.17) is 9.47 Å². The summed E-state index contributed by atoms with van der Waals surface area (Å²) in [5, 5.41) is 0. The minimum absolute atomic E-state index is 0.257. The van der Waals surface area contributed by atoms with Crippen LogP contribution in [0.2, 0.25) is 0 Å². The lowest BCUT2D eigenvalue weighted by molar-refractivity contribution is 0.397. The van der Waals surface area contributed by atoms with Crippen molar-refractivity contribution in [2.75, 3.05) is 14.2 Å². The Balaban J connectivity index is 1.92. The Morgan fingerprint density at radius 2 is 1.11 bits per heavy atom. The van der Waals surface area contributed by atoms with Crippen molar-refractivity contribution in [2.45, 2.75) is 18.0 Å². The molecule has 0 saturated carbocycles. The smallest absolute Gasteiger partial charge is 0.243 e. The summed E-state index contributed by atoms with van der Waals surface area (Å²) in [7, 11) is -0.454. The average Bonchev–Trinajstić information content (AvgIpc) is 2.75. The van der Waals surface area contributed by atoms with E-state index in [9.17, 15) is 8.42 Å². The molecule has 0 fully saturated rings. The van der Waals surface area contributed by atoms with E-state index in [0.29, 0.717) is 0 Å². The van der Waals surface area contributed by atoms with Gasteiger partial charge in [-0.05, 0) is 47.5 Å². The van der Waals surface area contributed by atoms with E-state index in [1.54, 1.807) is 44.6 Å². The van der Waals surface area contributed by atoms with E-state index >= 15 is 0 Å². The second-order valence-corrected chi connectivity index (χ2v) is 8.22. The van der Waals surface area contributed by atoms with E-state index in [1.807, 2.05) is 48.5 Å². The summed E-state index contributed by atoms with van der Waals surface area (Å²) in [6.07, 6.45) is 0. The first kappa shape index (κ1) is 19.9. The fraction of sp³-hybridized carbons (Fsp3) is 0.182. The third-order valence-electron chi connectivity index (χ3n) is 4.42. The zero-order chi connectivity index (χ0) is 20.0. The summed E-state index contributed by atoms with van der Waals surface area (Å²) in [5.74, 6) is 1.47. The highest BCUT2D eigenvalue weighted by Crippen LogP contribution is 2.23. The highest BCUT2D eigenvalue weighted by molar-refractivity contribution is 7.89. The van der Waals surface area contributed by atoms with Crippen LogP contribution in [0.25, 0.3) is 0 Å². The summed E-state index contributed by atoms with van der Waals surface area (Å²) in [6.45, 7) is 0.514.